The number of nitrogens with zero attached hydrogens (tertiary/aromatic N) is 4. The van der Waals surface area contributed by atoms with Crippen molar-refractivity contribution in [2.45, 2.75) is 26.9 Å². The maximum absolute atomic E-state index is 13.5. The third kappa shape index (κ3) is 4.18. The first-order valence-corrected chi connectivity index (χ1v) is 11.2. The van der Waals surface area contributed by atoms with E-state index in [-0.39, 0.29) is 17.0 Å². The molecule has 2 heterocycles. The maximum atomic E-state index is 13.5. The zero-order valence-electron chi connectivity index (χ0n) is 18.7. The highest BCUT2D eigenvalue weighted by Crippen LogP contribution is 2.18. The summed E-state index contributed by atoms with van der Waals surface area (Å²) in [5.41, 5.74) is 5.16. The van der Waals surface area contributed by atoms with Crippen molar-refractivity contribution in [3.05, 3.63) is 110 Å². The molecule has 0 fully saturated rings. The summed E-state index contributed by atoms with van der Waals surface area (Å²) in [5.74, 6) is -0.489. The molecule has 1 N–H and O–H groups in total. The molecule has 34 heavy (non-hydrogen) atoms. The lowest BCUT2D eigenvalue weighted by atomic mass is 10.1. The van der Waals surface area contributed by atoms with Crippen molar-refractivity contribution < 1.29 is 4.79 Å². The summed E-state index contributed by atoms with van der Waals surface area (Å²) in [7, 11) is 0. The van der Waals surface area contributed by atoms with E-state index in [9.17, 15) is 9.59 Å². The SMILES string of the molecule is Cc1ccc(CNC(=O)c2nc3c(=O)n(Cc4cccc(Cl)c4)c4cc(C)ccc4n3n2)cc1. The van der Waals surface area contributed by atoms with Gasteiger partial charge in [-0.3, -0.25) is 14.2 Å². The quantitative estimate of drug-likeness (QED) is 0.414. The number of rotatable bonds is 5. The third-order valence-electron chi connectivity index (χ3n) is 5.70. The van der Waals surface area contributed by atoms with Crippen molar-refractivity contribution in [3.8, 4) is 0 Å². The van der Waals surface area contributed by atoms with Crippen LogP contribution in [-0.4, -0.2) is 25.1 Å². The second-order valence-corrected chi connectivity index (χ2v) is 8.79. The van der Waals surface area contributed by atoms with Crippen LogP contribution in [-0.2, 0) is 13.1 Å². The molecule has 0 radical (unpaired) electrons. The first kappa shape index (κ1) is 21.9. The van der Waals surface area contributed by atoms with Crippen LogP contribution in [0.2, 0.25) is 5.02 Å². The molecule has 1 amide bonds. The fourth-order valence-electron chi connectivity index (χ4n) is 3.92. The Bertz CT molecular complexity index is 1600. The standard InChI is InChI=1S/C26H22ClN5O2/c1-16-6-9-18(10-7-16)14-28-25(33)23-29-24-26(34)31(15-19-4-3-5-20(27)13-19)22-12-17(2)8-11-21(22)32(24)30-23/h3-13H,14-15H2,1-2H3,(H,28,33). The van der Waals surface area contributed by atoms with E-state index in [1.807, 2.05) is 74.5 Å². The molecule has 2 aromatic heterocycles. The summed E-state index contributed by atoms with van der Waals surface area (Å²) in [6.45, 7) is 4.63. The third-order valence-corrected chi connectivity index (χ3v) is 5.94. The van der Waals surface area contributed by atoms with Crippen LogP contribution in [0.5, 0.6) is 0 Å². The predicted molar refractivity (Wildman–Crippen MR) is 132 cm³/mol. The fourth-order valence-corrected chi connectivity index (χ4v) is 4.13. The first-order valence-electron chi connectivity index (χ1n) is 10.9. The molecule has 0 atom stereocenters. The van der Waals surface area contributed by atoms with Crippen molar-refractivity contribution in [3.63, 3.8) is 0 Å². The average Bonchev–Trinajstić information content (AvgIpc) is 3.27. The molecule has 5 aromatic rings. The van der Waals surface area contributed by atoms with Gasteiger partial charge in [-0.25, -0.2) is 4.52 Å². The van der Waals surface area contributed by atoms with Crippen LogP contribution in [0, 0.1) is 13.8 Å². The van der Waals surface area contributed by atoms with Crippen molar-refractivity contribution in [2.24, 2.45) is 0 Å². The Morgan fingerprint density at radius 1 is 0.941 bits per heavy atom. The van der Waals surface area contributed by atoms with E-state index < -0.39 is 5.91 Å². The molecular formula is C26H22ClN5O2. The van der Waals surface area contributed by atoms with Gasteiger partial charge in [-0.1, -0.05) is 59.6 Å². The fraction of sp³-hybridized carbons (Fsp3) is 0.154. The van der Waals surface area contributed by atoms with Gasteiger partial charge in [0, 0.05) is 11.6 Å². The van der Waals surface area contributed by atoms with Crippen LogP contribution in [0.1, 0.15) is 32.9 Å². The lowest BCUT2D eigenvalue weighted by molar-refractivity contribution is 0.0941. The molecule has 8 heteroatoms. The molecule has 5 rings (SSSR count). The normalized spacial score (nSPS) is 11.3. The zero-order chi connectivity index (χ0) is 23.8. The van der Waals surface area contributed by atoms with E-state index in [0.717, 1.165) is 22.3 Å². The summed E-state index contributed by atoms with van der Waals surface area (Å²) in [5, 5.41) is 7.81. The highest BCUT2D eigenvalue weighted by Gasteiger charge is 2.19. The summed E-state index contributed by atoms with van der Waals surface area (Å²) in [4.78, 5) is 30.6. The van der Waals surface area contributed by atoms with Crippen LogP contribution in [0.15, 0.2) is 71.5 Å². The van der Waals surface area contributed by atoms with E-state index in [1.165, 1.54) is 4.52 Å². The predicted octanol–water partition coefficient (Wildman–Crippen LogP) is 4.29. The maximum Gasteiger partial charge on any atom is 0.296 e. The Balaban J connectivity index is 1.56. The van der Waals surface area contributed by atoms with Gasteiger partial charge in [-0.05, 0) is 54.8 Å². The minimum Gasteiger partial charge on any atom is -0.345 e. The van der Waals surface area contributed by atoms with E-state index in [4.69, 9.17) is 11.6 Å². The van der Waals surface area contributed by atoms with Gasteiger partial charge in [0.25, 0.3) is 11.5 Å². The van der Waals surface area contributed by atoms with Crippen LogP contribution in [0.3, 0.4) is 0 Å². The van der Waals surface area contributed by atoms with Gasteiger partial charge in [-0.2, -0.15) is 4.98 Å². The number of carbonyl (C=O) groups is 1. The number of benzene rings is 3. The number of hydrogen-bond donors (Lipinski definition) is 1. The minimum absolute atomic E-state index is 0.0495. The van der Waals surface area contributed by atoms with Gasteiger partial charge in [0.2, 0.25) is 11.5 Å². The second kappa shape index (κ2) is 8.76. The van der Waals surface area contributed by atoms with Crippen LogP contribution in [0.4, 0.5) is 0 Å². The number of nitrogens with one attached hydrogen (secondary N) is 1. The van der Waals surface area contributed by atoms with Gasteiger partial charge in [-0.15, -0.1) is 5.10 Å². The molecule has 0 saturated heterocycles. The minimum atomic E-state index is -0.440. The van der Waals surface area contributed by atoms with Gasteiger partial charge < -0.3 is 5.32 Å². The van der Waals surface area contributed by atoms with Gasteiger partial charge in [0.1, 0.15) is 0 Å². The topological polar surface area (TPSA) is 81.3 Å². The van der Waals surface area contributed by atoms with Crippen molar-refractivity contribution in [1.82, 2.24) is 24.5 Å². The number of amides is 1. The number of carbonyl (C=O) groups excluding carboxylic acids is 1. The first-order chi connectivity index (χ1) is 16.4. The Labute approximate surface area is 200 Å². The Morgan fingerprint density at radius 3 is 2.47 bits per heavy atom. The summed E-state index contributed by atoms with van der Waals surface area (Å²) in [6, 6.07) is 21.0. The molecule has 0 aliphatic carbocycles. The summed E-state index contributed by atoms with van der Waals surface area (Å²) in [6.07, 6.45) is 0. The molecular weight excluding hydrogens is 450 g/mol. The molecule has 0 spiro atoms. The van der Waals surface area contributed by atoms with Crippen molar-refractivity contribution in [1.29, 1.82) is 0 Å². The Morgan fingerprint density at radius 2 is 1.71 bits per heavy atom. The number of aryl methyl sites for hydroxylation is 2. The largest absolute Gasteiger partial charge is 0.345 e. The van der Waals surface area contributed by atoms with Crippen LogP contribution in [0.25, 0.3) is 16.7 Å². The lowest BCUT2D eigenvalue weighted by Gasteiger charge is -2.12. The van der Waals surface area contributed by atoms with Gasteiger partial charge >= 0.3 is 0 Å². The highest BCUT2D eigenvalue weighted by atomic mass is 35.5. The van der Waals surface area contributed by atoms with Gasteiger partial charge in [0.15, 0.2) is 0 Å². The number of hydrogen-bond acceptors (Lipinski definition) is 4. The Kier molecular flexibility index (Phi) is 5.63. The molecule has 0 saturated carbocycles. The molecule has 3 aromatic carbocycles. The smallest absolute Gasteiger partial charge is 0.296 e. The molecule has 170 valence electrons. The molecule has 0 unspecified atom stereocenters. The van der Waals surface area contributed by atoms with Crippen LogP contribution >= 0.6 is 11.6 Å². The molecule has 7 nitrogen and oxygen atoms in total. The second-order valence-electron chi connectivity index (χ2n) is 8.35. The molecule has 0 aliphatic rings. The van der Waals surface area contributed by atoms with Crippen molar-refractivity contribution >= 4 is 34.2 Å². The van der Waals surface area contributed by atoms with E-state index in [2.05, 4.69) is 15.4 Å². The van der Waals surface area contributed by atoms with Crippen LogP contribution < -0.4 is 10.9 Å². The molecule has 0 bridgehead atoms. The monoisotopic (exact) mass is 471 g/mol. The lowest BCUT2D eigenvalue weighted by Crippen LogP contribution is -2.24. The summed E-state index contributed by atoms with van der Waals surface area (Å²) >= 11 is 6.15. The van der Waals surface area contributed by atoms with Crippen molar-refractivity contribution in [2.75, 3.05) is 0 Å². The van der Waals surface area contributed by atoms with E-state index >= 15 is 0 Å². The van der Waals surface area contributed by atoms with Gasteiger partial charge in [0.05, 0.1) is 17.6 Å². The van der Waals surface area contributed by atoms with E-state index in [1.54, 1.807) is 10.6 Å². The van der Waals surface area contributed by atoms with E-state index in [0.29, 0.717) is 29.1 Å². The Hall–Kier alpha value is -3.97. The zero-order valence-corrected chi connectivity index (χ0v) is 19.5. The summed E-state index contributed by atoms with van der Waals surface area (Å²) < 4.78 is 3.10. The average molecular weight is 472 g/mol. The highest BCUT2D eigenvalue weighted by molar-refractivity contribution is 6.30. The number of aromatic nitrogens is 4. The number of fused-ring (bicyclic) bond motifs is 3. The number of halogens is 1. The molecule has 0 aliphatic heterocycles.